The highest BCUT2D eigenvalue weighted by atomic mass is 16.6. The zero-order chi connectivity index (χ0) is 18.9. The first-order valence-electron chi connectivity index (χ1n) is 8.46. The van der Waals surface area contributed by atoms with E-state index in [-0.39, 0.29) is 12.7 Å². The molecule has 0 radical (unpaired) electrons. The fraction of sp³-hybridized carbons (Fsp3) is 0.444. The molecule has 3 rings (SSSR count). The van der Waals surface area contributed by atoms with Crippen LogP contribution < -0.4 is 0 Å². The number of hydrogen-bond acceptors (Lipinski definition) is 6. The third kappa shape index (κ3) is 3.54. The normalized spacial score (nSPS) is 14.5. The van der Waals surface area contributed by atoms with Crippen LogP contribution >= 0.6 is 0 Å². The van der Waals surface area contributed by atoms with Gasteiger partial charge in [-0.1, -0.05) is 6.08 Å². The van der Waals surface area contributed by atoms with Gasteiger partial charge in [0.15, 0.2) is 0 Å². The van der Waals surface area contributed by atoms with Crippen molar-refractivity contribution in [1.29, 1.82) is 0 Å². The highest BCUT2D eigenvalue weighted by molar-refractivity contribution is 6.07. The molecule has 0 aromatic carbocycles. The lowest BCUT2D eigenvalue weighted by Crippen LogP contribution is -2.35. The summed E-state index contributed by atoms with van der Waals surface area (Å²) in [5, 5.41) is 0.600. The van der Waals surface area contributed by atoms with Crippen molar-refractivity contribution in [3.8, 4) is 0 Å². The lowest BCUT2D eigenvalue weighted by Gasteiger charge is -2.24. The van der Waals surface area contributed by atoms with E-state index >= 15 is 0 Å². The summed E-state index contributed by atoms with van der Waals surface area (Å²) < 4.78 is 10.5. The molecule has 8 heteroatoms. The van der Waals surface area contributed by atoms with Crippen molar-refractivity contribution in [2.75, 3.05) is 19.7 Å². The van der Waals surface area contributed by atoms with Crippen LogP contribution in [0.4, 0.5) is 4.79 Å². The largest absolute Gasteiger partial charge is 0.462 e. The Morgan fingerprint density at radius 3 is 2.77 bits per heavy atom. The third-order valence-corrected chi connectivity index (χ3v) is 3.84. The summed E-state index contributed by atoms with van der Waals surface area (Å²) in [6, 6.07) is 0. The summed E-state index contributed by atoms with van der Waals surface area (Å²) in [4.78, 5) is 37.6. The van der Waals surface area contributed by atoms with Crippen molar-refractivity contribution in [2.24, 2.45) is 0 Å². The number of amides is 1. The lowest BCUT2D eigenvalue weighted by molar-refractivity contribution is 0.0305. The molecule has 1 N–H and O–H groups in total. The van der Waals surface area contributed by atoms with Gasteiger partial charge in [0, 0.05) is 12.7 Å². The molecular weight excluding hydrogens is 336 g/mol. The standard InChI is InChI=1S/C18H22N4O4/c1-5-25-16(23)12-8-19-15-13(12)14(20-10-21-15)11-6-7-22(9-11)17(24)26-18(2,3)4/h6,8,10H,5,7,9H2,1-4H3,(H,19,20,21). The fourth-order valence-electron chi connectivity index (χ4n) is 2.77. The number of carbonyl (C=O) groups excluding carboxylic acids is 2. The number of nitrogens with one attached hydrogen (secondary N) is 1. The molecule has 0 aliphatic carbocycles. The predicted molar refractivity (Wildman–Crippen MR) is 95.6 cm³/mol. The van der Waals surface area contributed by atoms with E-state index in [0.717, 1.165) is 5.57 Å². The topological polar surface area (TPSA) is 97.4 Å². The van der Waals surface area contributed by atoms with Gasteiger partial charge >= 0.3 is 12.1 Å². The van der Waals surface area contributed by atoms with Gasteiger partial charge in [-0.15, -0.1) is 0 Å². The van der Waals surface area contributed by atoms with E-state index in [1.54, 1.807) is 18.0 Å². The molecule has 0 atom stereocenters. The Labute approximate surface area is 151 Å². The molecule has 1 aliphatic heterocycles. The van der Waals surface area contributed by atoms with E-state index in [4.69, 9.17) is 9.47 Å². The first-order valence-corrected chi connectivity index (χ1v) is 8.46. The van der Waals surface area contributed by atoms with Crippen LogP contribution in [0, 0.1) is 0 Å². The Bertz CT molecular complexity index is 879. The van der Waals surface area contributed by atoms with Gasteiger partial charge in [-0.2, -0.15) is 0 Å². The number of aromatic amines is 1. The predicted octanol–water partition coefficient (Wildman–Crippen LogP) is 2.77. The van der Waals surface area contributed by atoms with Gasteiger partial charge < -0.3 is 19.4 Å². The van der Waals surface area contributed by atoms with Crippen LogP contribution in [0.3, 0.4) is 0 Å². The number of carbonyl (C=O) groups is 2. The first kappa shape index (κ1) is 17.9. The number of esters is 1. The Morgan fingerprint density at radius 1 is 1.31 bits per heavy atom. The Morgan fingerprint density at radius 2 is 2.08 bits per heavy atom. The van der Waals surface area contributed by atoms with Gasteiger partial charge in [-0.25, -0.2) is 19.6 Å². The molecular formula is C18H22N4O4. The number of rotatable bonds is 3. The zero-order valence-corrected chi connectivity index (χ0v) is 15.3. The number of fused-ring (bicyclic) bond motifs is 1. The maximum absolute atomic E-state index is 12.3. The average Bonchev–Trinajstić information content (AvgIpc) is 3.20. The van der Waals surface area contributed by atoms with E-state index in [9.17, 15) is 9.59 Å². The molecule has 1 aliphatic rings. The van der Waals surface area contributed by atoms with Crippen LogP contribution in [0.1, 0.15) is 43.7 Å². The van der Waals surface area contributed by atoms with Gasteiger partial charge in [0.1, 0.15) is 17.6 Å². The molecule has 1 amide bonds. The van der Waals surface area contributed by atoms with Crippen molar-refractivity contribution in [1.82, 2.24) is 19.9 Å². The number of H-pyrrole nitrogens is 1. The summed E-state index contributed by atoms with van der Waals surface area (Å²) in [5.74, 6) is -0.433. The number of nitrogens with zero attached hydrogens (tertiary/aromatic N) is 3. The Hall–Kier alpha value is -2.90. The fourth-order valence-corrected chi connectivity index (χ4v) is 2.77. The van der Waals surface area contributed by atoms with Crippen LogP contribution in [0.15, 0.2) is 18.6 Å². The summed E-state index contributed by atoms with van der Waals surface area (Å²) in [7, 11) is 0. The highest BCUT2D eigenvalue weighted by Crippen LogP contribution is 2.29. The van der Waals surface area contributed by atoms with Crippen LogP contribution in [0.25, 0.3) is 16.6 Å². The van der Waals surface area contributed by atoms with E-state index in [1.807, 2.05) is 26.8 Å². The minimum absolute atomic E-state index is 0.281. The van der Waals surface area contributed by atoms with Gasteiger partial charge in [0.2, 0.25) is 0 Å². The van der Waals surface area contributed by atoms with E-state index in [2.05, 4.69) is 15.0 Å². The summed E-state index contributed by atoms with van der Waals surface area (Å²) in [6.45, 7) is 8.30. The van der Waals surface area contributed by atoms with Crippen molar-refractivity contribution in [3.05, 3.63) is 29.9 Å². The third-order valence-electron chi connectivity index (χ3n) is 3.84. The molecule has 0 bridgehead atoms. The highest BCUT2D eigenvalue weighted by Gasteiger charge is 2.28. The second kappa shape index (κ2) is 6.78. The van der Waals surface area contributed by atoms with Crippen molar-refractivity contribution >= 4 is 28.7 Å². The van der Waals surface area contributed by atoms with Gasteiger partial charge in [0.05, 0.1) is 29.8 Å². The quantitative estimate of drug-likeness (QED) is 0.847. The van der Waals surface area contributed by atoms with E-state index in [0.29, 0.717) is 35.4 Å². The van der Waals surface area contributed by atoms with Crippen LogP contribution in [-0.4, -0.2) is 57.2 Å². The van der Waals surface area contributed by atoms with Crippen LogP contribution in [0.2, 0.25) is 0 Å². The summed E-state index contributed by atoms with van der Waals surface area (Å²) >= 11 is 0. The molecule has 26 heavy (non-hydrogen) atoms. The second-order valence-electron chi connectivity index (χ2n) is 6.96. The maximum Gasteiger partial charge on any atom is 0.410 e. The van der Waals surface area contributed by atoms with Crippen molar-refractivity contribution in [2.45, 2.75) is 33.3 Å². The molecule has 0 saturated heterocycles. The van der Waals surface area contributed by atoms with E-state index < -0.39 is 11.6 Å². The SMILES string of the molecule is CCOC(=O)c1c[nH]c2ncnc(C3=CCN(C(=O)OC(C)(C)C)C3)c12. The monoisotopic (exact) mass is 358 g/mol. The van der Waals surface area contributed by atoms with Crippen molar-refractivity contribution < 1.29 is 19.1 Å². The molecule has 0 unspecified atom stereocenters. The molecule has 0 fully saturated rings. The molecule has 2 aromatic heterocycles. The van der Waals surface area contributed by atoms with Crippen LogP contribution in [-0.2, 0) is 9.47 Å². The van der Waals surface area contributed by atoms with Gasteiger partial charge in [0.25, 0.3) is 0 Å². The molecule has 0 spiro atoms. The lowest BCUT2D eigenvalue weighted by atomic mass is 10.1. The molecule has 2 aromatic rings. The minimum Gasteiger partial charge on any atom is -0.462 e. The Balaban J connectivity index is 1.89. The number of hydrogen-bond donors (Lipinski definition) is 1. The summed E-state index contributed by atoms with van der Waals surface area (Å²) in [5.41, 5.74) is 1.84. The number of aromatic nitrogens is 3. The zero-order valence-electron chi connectivity index (χ0n) is 15.3. The second-order valence-corrected chi connectivity index (χ2v) is 6.96. The number of ether oxygens (including phenoxy) is 2. The maximum atomic E-state index is 12.3. The smallest absolute Gasteiger partial charge is 0.410 e. The molecule has 0 saturated carbocycles. The molecule has 138 valence electrons. The molecule has 8 nitrogen and oxygen atoms in total. The average molecular weight is 358 g/mol. The Kier molecular flexibility index (Phi) is 4.67. The van der Waals surface area contributed by atoms with Gasteiger partial charge in [-0.3, -0.25) is 0 Å². The van der Waals surface area contributed by atoms with Gasteiger partial charge in [-0.05, 0) is 33.3 Å². The minimum atomic E-state index is -0.556. The summed E-state index contributed by atoms with van der Waals surface area (Å²) in [6.07, 6.45) is 4.53. The van der Waals surface area contributed by atoms with Crippen molar-refractivity contribution in [3.63, 3.8) is 0 Å². The van der Waals surface area contributed by atoms with Crippen LogP contribution in [0.5, 0.6) is 0 Å². The van der Waals surface area contributed by atoms with E-state index in [1.165, 1.54) is 6.33 Å². The first-order chi connectivity index (χ1) is 12.3. The molecule has 3 heterocycles.